The standard InChI is InChI=1S/C25H35N2O.CH3/c1-3-4-5-6-7-8-9-10-11-14-20-27-22-17-13-12-16-21(22)26-25-23(27)18-15-19-24(25)28-2;/h12-13,15-19H,3-11,14,20H2,1-2H3;1H3/q+1;-1. The topological polar surface area (TPSA) is 26.0 Å². The molecule has 29 heavy (non-hydrogen) atoms. The van der Waals surface area contributed by atoms with Crippen molar-refractivity contribution in [3.8, 4) is 5.75 Å². The van der Waals surface area contributed by atoms with E-state index < -0.39 is 0 Å². The summed E-state index contributed by atoms with van der Waals surface area (Å²) in [6, 6.07) is 14.6. The molecule has 0 atom stereocenters. The Morgan fingerprint density at radius 1 is 0.759 bits per heavy atom. The Morgan fingerprint density at radius 3 is 2.07 bits per heavy atom. The molecular formula is C26H38N2O. The monoisotopic (exact) mass is 394 g/mol. The van der Waals surface area contributed by atoms with Crippen LogP contribution in [0.3, 0.4) is 0 Å². The van der Waals surface area contributed by atoms with E-state index in [1.165, 1.54) is 69.7 Å². The van der Waals surface area contributed by atoms with Crippen LogP contribution in [0.25, 0.3) is 22.1 Å². The van der Waals surface area contributed by atoms with E-state index in [9.17, 15) is 0 Å². The summed E-state index contributed by atoms with van der Waals surface area (Å²) in [7, 11) is 1.72. The maximum atomic E-state index is 5.56. The Hall–Kier alpha value is -2.16. The van der Waals surface area contributed by atoms with Gasteiger partial charge in [-0.25, -0.2) is 4.98 Å². The molecule has 0 spiro atoms. The van der Waals surface area contributed by atoms with Crippen molar-refractivity contribution in [2.45, 2.75) is 77.7 Å². The minimum Gasteiger partial charge on any atom is -0.494 e. The molecule has 2 aromatic carbocycles. The first-order valence-corrected chi connectivity index (χ1v) is 11.1. The number of benzene rings is 2. The van der Waals surface area contributed by atoms with Gasteiger partial charge in [0, 0.05) is 18.6 Å². The van der Waals surface area contributed by atoms with Crippen molar-refractivity contribution in [1.29, 1.82) is 0 Å². The Bertz CT molecular complexity index is 875. The van der Waals surface area contributed by atoms with Gasteiger partial charge in [0.2, 0.25) is 11.0 Å². The van der Waals surface area contributed by atoms with Crippen LogP contribution >= 0.6 is 0 Å². The maximum absolute atomic E-state index is 5.56. The van der Waals surface area contributed by atoms with Crippen LogP contribution in [-0.4, -0.2) is 12.1 Å². The number of aromatic nitrogens is 2. The zero-order valence-electron chi connectivity index (χ0n) is 18.6. The number of nitrogens with zero attached hydrogens (tertiary/aromatic N) is 2. The van der Waals surface area contributed by atoms with Crippen LogP contribution in [0.5, 0.6) is 5.75 Å². The lowest BCUT2D eigenvalue weighted by Gasteiger charge is -2.08. The molecule has 0 radical (unpaired) electrons. The summed E-state index contributed by atoms with van der Waals surface area (Å²) >= 11 is 0. The molecule has 3 aromatic rings. The molecule has 0 aliphatic rings. The quantitative estimate of drug-likeness (QED) is 0.142. The number of unbranched alkanes of at least 4 members (excludes halogenated alkanes) is 9. The third kappa shape index (κ3) is 6.16. The van der Waals surface area contributed by atoms with Crippen molar-refractivity contribution in [2.24, 2.45) is 0 Å². The Morgan fingerprint density at radius 2 is 1.38 bits per heavy atom. The second-order valence-electron chi connectivity index (χ2n) is 7.76. The van der Waals surface area contributed by atoms with Crippen molar-refractivity contribution in [1.82, 2.24) is 4.98 Å². The summed E-state index contributed by atoms with van der Waals surface area (Å²) in [6.45, 7) is 3.31. The smallest absolute Gasteiger partial charge is 0.235 e. The average molecular weight is 395 g/mol. The number of fused-ring (bicyclic) bond motifs is 2. The third-order valence-electron chi connectivity index (χ3n) is 5.63. The molecule has 3 heteroatoms. The number of aryl methyl sites for hydroxylation is 1. The number of hydrogen-bond donors (Lipinski definition) is 0. The molecule has 0 saturated carbocycles. The highest BCUT2D eigenvalue weighted by molar-refractivity contribution is 5.85. The summed E-state index contributed by atoms with van der Waals surface area (Å²) in [6.07, 6.45) is 13.6. The highest BCUT2D eigenvalue weighted by Gasteiger charge is 2.18. The molecule has 0 N–H and O–H groups in total. The van der Waals surface area contributed by atoms with Crippen molar-refractivity contribution >= 4 is 22.1 Å². The molecule has 1 heterocycles. The molecule has 1 aromatic heterocycles. The van der Waals surface area contributed by atoms with E-state index >= 15 is 0 Å². The predicted molar refractivity (Wildman–Crippen MR) is 124 cm³/mol. The van der Waals surface area contributed by atoms with Gasteiger partial charge < -0.3 is 12.2 Å². The summed E-state index contributed by atoms with van der Waals surface area (Å²) < 4.78 is 7.98. The molecule has 3 nitrogen and oxygen atoms in total. The minimum atomic E-state index is 0. The number of rotatable bonds is 12. The largest absolute Gasteiger partial charge is 0.494 e. The van der Waals surface area contributed by atoms with Crippen molar-refractivity contribution in [2.75, 3.05) is 7.11 Å². The van der Waals surface area contributed by atoms with Crippen LogP contribution in [0.1, 0.15) is 71.1 Å². The van der Waals surface area contributed by atoms with Gasteiger partial charge in [-0.05, 0) is 18.6 Å². The zero-order chi connectivity index (χ0) is 19.6. The van der Waals surface area contributed by atoms with Crippen LogP contribution in [0.4, 0.5) is 0 Å². The molecule has 0 saturated heterocycles. The maximum Gasteiger partial charge on any atom is 0.235 e. The van der Waals surface area contributed by atoms with Crippen LogP contribution in [0, 0.1) is 7.43 Å². The van der Waals surface area contributed by atoms with Crippen molar-refractivity contribution < 1.29 is 9.30 Å². The lowest BCUT2D eigenvalue weighted by Crippen LogP contribution is -2.36. The second-order valence-corrected chi connectivity index (χ2v) is 7.76. The second kappa shape index (κ2) is 12.4. The van der Waals surface area contributed by atoms with E-state index in [4.69, 9.17) is 9.72 Å². The minimum absolute atomic E-state index is 0. The lowest BCUT2D eigenvalue weighted by atomic mass is 10.1. The van der Waals surface area contributed by atoms with Crippen LogP contribution in [0.15, 0.2) is 42.5 Å². The molecule has 0 unspecified atom stereocenters. The highest BCUT2D eigenvalue weighted by atomic mass is 16.5. The van der Waals surface area contributed by atoms with E-state index in [2.05, 4.69) is 47.9 Å². The van der Waals surface area contributed by atoms with E-state index in [-0.39, 0.29) is 7.43 Å². The zero-order valence-corrected chi connectivity index (χ0v) is 18.6. The average Bonchev–Trinajstić information content (AvgIpc) is 2.74. The van der Waals surface area contributed by atoms with Gasteiger partial charge in [-0.3, -0.25) is 0 Å². The molecule has 3 rings (SSSR count). The SMILES string of the molecule is CCCCCCCCCCCC[n+]1c2ccccc2nc2c(OC)cccc21.[CH3-]. The summed E-state index contributed by atoms with van der Waals surface area (Å²) in [5.74, 6) is 0.847. The van der Waals surface area contributed by atoms with Gasteiger partial charge >= 0.3 is 0 Å². The van der Waals surface area contributed by atoms with Crippen LogP contribution in [0.2, 0.25) is 0 Å². The molecule has 158 valence electrons. The summed E-state index contributed by atoms with van der Waals surface area (Å²) in [5, 5.41) is 0. The fraction of sp³-hybridized carbons (Fsp3) is 0.500. The van der Waals surface area contributed by atoms with E-state index in [1.807, 2.05) is 6.07 Å². The fourth-order valence-corrected chi connectivity index (χ4v) is 4.04. The number of ether oxygens (including phenoxy) is 1. The fourth-order valence-electron chi connectivity index (χ4n) is 4.04. The van der Waals surface area contributed by atoms with Gasteiger partial charge in [0.05, 0.1) is 7.11 Å². The first kappa shape index (κ1) is 23.1. The Labute approximate surface area is 177 Å². The number of para-hydroxylation sites is 3. The predicted octanol–water partition coefficient (Wildman–Crippen LogP) is 7.06. The molecule has 0 aliphatic carbocycles. The normalized spacial score (nSPS) is 11.0. The van der Waals surface area contributed by atoms with E-state index in [0.29, 0.717) is 0 Å². The molecule has 0 bridgehead atoms. The van der Waals surface area contributed by atoms with Crippen molar-refractivity contribution in [3.05, 3.63) is 49.9 Å². The summed E-state index contributed by atoms with van der Waals surface area (Å²) in [4.78, 5) is 4.86. The number of methoxy groups -OCH3 is 1. The van der Waals surface area contributed by atoms with Crippen LogP contribution < -0.4 is 9.30 Å². The lowest BCUT2D eigenvalue weighted by molar-refractivity contribution is -0.646. The van der Waals surface area contributed by atoms with Crippen LogP contribution in [-0.2, 0) is 6.54 Å². The first-order chi connectivity index (χ1) is 13.8. The van der Waals surface area contributed by atoms with Gasteiger partial charge in [-0.15, -0.1) is 0 Å². The first-order valence-electron chi connectivity index (χ1n) is 11.1. The number of hydrogen-bond acceptors (Lipinski definition) is 2. The Balaban J connectivity index is 0.00000300. The Kier molecular flexibility index (Phi) is 9.90. The van der Waals surface area contributed by atoms with Gasteiger partial charge in [0.25, 0.3) is 0 Å². The van der Waals surface area contributed by atoms with Crippen molar-refractivity contribution in [3.63, 3.8) is 0 Å². The van der Waals surface area contributed by atoms with Gasteiger partial charge in [-0.1, -0.05) is 76.5 Å². The van der Waals surface area contributed by atoms with Gasteiger partial charge in [0.15, 0.2) is 11.3 Å². The summed E-state index contributed by atoms with van der Waals surface area (Å²) in [5.41, 5.74) is 4.36. The van der Waals surface area contributed by atoms with E-state index in [1.54, 1.807) is 7.11 Å². The van der Waals surface area contributed by atoms with E-state index in [0.717, 1.165) is 28.8 Å². The molecule has 0 aliphatic heterocycles. The molecule has 0 amide bonds. The van der Waals surface area contributed by atoms with Gasteiger partial charge in [0.1, 0.15) is 12.1 Å². The van der Waals surface area contributed by atoms with Gasteiger partial charge in [-0.2, -0.15) is 4.57 Å². The third-order valence-corrected chi connectivity index (χ3v) is 5.63. The molecular weight excluding hydrogens is 356 g/mol. The highest BCUT2D eigenvalue weighted by Crippen LogP contribution is 2.23. The molecule has 0 fully saturated rings.